The summed E-state index contributed by atoms with van der Waals surface area (Å²) in [6, 6.07) is 7.62. The van der Waals surface area contributed by atoms with Gasteiger partial charge in [0.15, 0.2) is 0 Å². The van der Waals surface area contributed by atoms with Crippen molar-refractivity contribution in [3.05, 3.63) is 47.5 Å². The molecule has 0 fully saturated rings. The van der Waals surface area contributed by atoms with Crippen molar-refractivity contribution in [2.24, 2.45) is 0 Å². The molecule has 0 spiro atoms. The first-order valence-electron chi connectivity index (χ1n) is 5.26. The van der Waals surface area contributed by atoms with Crippen molar-refractivity contribution in [2.75, 3.05) is 0 Å². The Balaban J connectivity index is 2.34. The zero-order valence-electron chi connectivity index (χ0n) is 8.82. The van der Waals surface area contributed by atoms with Crippen LogP contribution in [0.1, 0.15) is 24.8 Å². The molecule has 15 heavy (non-hydrogen) atoms. The van der Waals surface area contributed by atoms with Crippen LogP contribution in [-0.4, -0.2) is 11.2 Å². The maximum Gasteiger partial charge on any atom is 0.0580 e. The summed E-state index contributed by atoms with van der Waals surface area (Å²) in [6.45, 7) is 3.65. The van der Waals surface area contributed by atoms with Crippen LogP contribution in [0.15, 0.2) is 36.9 Å². The lowest BCUT2D eigenvalue weighted by Gasteiger charge is -2.09. The highest BCUT2D eigenvalue weighted by Crippen LogP contribution is 2.13. The molecule has 0 amide bonds. The Labute approximate surface area is 96.4 Å². The molecule has 0 bridgehead atoms. The van der Waals surface area contributed by atoms with Crippen LogP contribution in [0.4, 0.5) is 0 Å². The number of aliphatic hydroxyl groups is 1. The second-order valence-electron chi connectivity index (χ2n) is 3.70. The molecular weight excluding hydrogens is 208 g/mol. The highest BCUT2D eigenvalue weighted by Gasteiger charge is 2.04. The lowest BCUT2D eigenvalue weighted by atomic mass is 10.0. The Morgan fingerprint density at radius 1 is 1.33 bits per heavy atom. The number of unbranched alkanes of at least 4 members (excludes halogenated alkanes) is 1. The molecule has 0 aromatic heterocycles. The monoisotopic (exact) mass is 224 g/mol. The Hall–Kier alpha value is -0.790. The van der Waals surface area contributed by atoms with Gasteiger partial charge in [-0.15, -0.1) is 6.58 Å². The maximum atomic E-state index is 9.73. The van der Waals surface area contributed by atoms with Crippen molar-refractivity contribution in [3.8, 4) is 0 Å². The van der Waals surface area contributed by atoms with Gasteiger partial charge in [0, 0.05) is 5.02 Å². The normalized spacial score (nSPS) is 12.4. The third-order valence-electron chi connectivity index (χ3n) is 2.33. The molecule has 0 radical (unpaired) electrons. The SMILES string of the molecule is C=CCCCC(O)Cc1ccc(Cl)cc1. The fourth-order valence-electron chi connectivity index (χ4n) is 1.49. The maximum absolute atomic E-state index is 9.73. The van der Waals surface area contributed by atoms with E-state index in [1.807, 2.05) is 30.3 Å². The van der Waals surface area contributed by atoms with E-state index >= 15 is 0 Å². The van der Waals surface area contributed by atoms with Crippen molar-refractivity contribution in [2.45, 2.75) is 31.8 Å². The molecule has 0 aliphatic heterocycles. The average molecular weight is 225 g/mol. The molecule has 0 heterocycles. The zero-order valence-corrected chi connectivity index (χ0v) is 9.58. The van der Waals surface area contributed by atoms with E-state index in [2.05, 4.69) is 6.58 Å². The quantitative estimate of drug-likeness (QED) is 0.578. The van der Waals surface area contributed by atoms with Crippen LogP contribution in [0.5, 0.6) is 0 Å². The second kappa shape index (κ2) is 6.65. The van der Waals surface area contributed by atoms with Gasteiger partial charge in [-0.1, -0.05) is 29.8 Å². The summed E-state index contributed by atoms with van der Waals surface area (Å²) in [4.78, 5) is 0. The van der Waals surface area contributed by atoms with Gasteiger partial charge >= 0.3 is 0 Å². The first-order chi connectivity index (χ1) is 7.22. The van der Waals surface area contributed by atoms with Crippen LogP contribution < -0.4 is 0 Å². The third kappa shape index (κ3) is 5.01. The first kappa shape index (κ1) is 12.3. The zero-order chi connectivity index (χ0) is 11.1. The van der Waals surface area contributed by atoms with Crippen LogP contribution in [0, 0.1) is 0 Å². The molecule has 1 aromatic carbocycles. The third-order valence-corrected chi connectivity index (χ3v) is 2.58. The number of aliphatic hydroxyl groups excluding tert-OH is 1. The molecule has 82 valence electrons. The lowest BCUT2D eigenvalue weighted by Crippen LogP contribution is -2.09. The van der Waals surface area contributed by atoms with E-state index in [9.17, 15) is 5.11 Å². The number of benzene rings is 1. The number of hydrogen-bond acceptors (Lipinski definition) is 1. The molecule has 1 aromatic rings. The molecule has 1 rings (SSSR count). The molecule has 0 aliphatic carbocycles. The lowest BCUT2D eigenvalue weighted by molar-refractivity contribution is 0.162. The molecule has 1 N–H and O–H groups in total. The molecule has 0 saturated heterocycles. The topological polar surface area (TPSA) is 20.2 Å². The predicted octanol–water partition coefficient (Wildman–Crippen LogP) is 3.60. The fourth-order valence-corrected chi connectivity index (χ4v) is 1.62. The van der Waals surface area contributed by atoms with Gasteiger partial charge < -0.3 is 5.11 Å². The fraction of sp³-hybridized carbons (Fsp3) is 0.385. The molecular formula is C13H17ClO. The molecule has 2 heteroatoms. The minimum absolute atomic E-state index is 0.258. The Morgan fingerprint density at radius 2 is 2.00 bits per heavy atom. The van der Waals surface area contributed by atoms with E-state index in [-0.39, 0.29) is 6.10 Å². The van der Waals surface area contributed by atoms with E-state index in [1.54, 1.807) is 0 Å². The van der Waals surface area contributed by atoms with E-state index in [1.165, 1.54) is 0 Å². The summed E-state index contributed by atoms with van der Waals surface area (Å²) < 4.78 is 0. The van der Waals surface area contributed by atoms with Crippen LogP contribution in [-0.2, 0) is 6.42 Å². The van der Waals surface area contributed by atoms with Crippen LogP contribution in [0.3, 0.4) is 0 Å². The Morgan fingerprint density at radius 3 is 2.60 bits per heavy atom. The summed E-state index contributed by atoms with van der Waals surface area (Å²) in [5, 5.41) is 10.5. The summed E-state index contributed by atoms with van der Waals surface area (Å²) >= 11 is 5.78. The molecule has 0 saturated carbocycles. The van der Waals surface area contributed by atoms with Crippen LogP contribution >= 0.6 is 11.6 Å². The number of hydrogen-bond donors (Lipinski definition) is 1. The summed E-state index contributed by atoms with van der Waals surface area (Å²) in [6.07, 6.45) is 5.12. The van der Waals surface area contributed by atoms with Gasteiger partial charge in [0.2, 0.25) is 0 Å². The summed E-state index contributed by atoms with van der Waals surface area (Å²) in [7, 11) is 0. The average Bonchev–Trinajstić information content (AvgIpc) is 2.22. The summed E-state index contributed by atoms with van der Waals surface area (Å²) in [5.74, 6) is 0. The van der Waals surface area contributed by atoms with Crippen molar-refractivity contribution in [1.82, 2.24) is 0 Å². The van der Waals surface area contributed by atoms with E-state index < -0.39 is 0 Å². The molecule has 0 aliphatic rings. The minimum Gasteiger partial charge on any atom is -0.393 e. The largest absolute Gasteiger partial charge is 0.393 e. The van der Waals surface area contributed by atoms with Gasteiger partial charge in [0.25, 0.3) is 0 Å². The Bertz CT molecular complexity index is 292. The van der Waals surface area contributed by atoms with Crippen LogP contribution in [0.25, 0.3) is 0 Å². The molecule has 1 atom stereocenters. The van der Waals surface area contributed by atoms with E-state index in [0.717, 1.165) is 29.8 Å². The number of rotatable bonds is 6. The van der Waals surface area contributed by atoms with Gasteiger partial charge in [0.1, 0.15) is 0 Å². The van der Waals surface area contributed by atoms with Gasteiger partial charge in [-0.05, 0) is 43.4 Å². The van der Waals surface area contributed by atoms with Gasteiger partial charge in [-0.3, -0.25) is 0 Å². The van der Waals surface area contributed by atoms with Crippen molar-refractivity contribution >= 4 is 11.6 Å². The smallest absolute Gasteiger partial charge is 0.0580 e. The second-order valence-corrected chi connectivity index (χ2v) is 4.14. The predicted molar refractivity (Wildman–Crippen MR) is 65.2 cm³/mol. The summed E-state index contributed by atoms with van der Waals surface area (Å²) in [5.41, 5.74) is 1.13. The number of allylic oxidation sites excluding steroid dienone is 1. The van der Waals surface area contributed by atoms with Gasteiger partial charge in [-0.2, -0.15) is 0 Å². The first-order valence-corrected chi connectivity index (χ1v) is 5.63. The molecule has 1 unspecified atom stereocenters. The Kier molecular flexibility index (Phi) is 5.44. The number of halogens is 1. The highest BCUT2D eigenvalue weighted by molar-refractivity contribution is 6.30. The van der Waals surface area contributed by atoms with E-state index in [0.29, 0.717) is 6.42 Å². The van der Waals surface area contributed by atoms with Crippen LogP contribution in [0.2, 0.25) is 5.02 Å². The molecule has 1 nitrogen and oxygen atoms in total. The van der Waals surface area contributed by atoms with Crippen molar-refractivity contribution < 1.29 is 5.11 Å². The van der Waals surface area contributed by atoms with E-state index in [4.69, 9.17) is 11.6 Å². The van der Waals surface area contributed by atoms with Gasteiger partial charge in [-0.25, -0.2) is 0 Å². The van der Waals surface area contributed by atoms with Crippen molar-refractivity contribution in [1.29, 1.82) is 0 Å². The standard InChI is InChI=1S/C13H17ClO/c1-2-3-4-5-13(15)10-11-6-8-12(14)9-7-11/h2,6-9,13,15H,1,3-5,10H2. The minimum atomic E-state index is -0.258. The van der Waals surface area contributed by atoms with Crippen molar-refractivity contribution in [3.63, 3.8) is 0 Å². The van der Waals surface area contributed by atoms with Gasteiger partial charge in [0.05, 0.1) is 6.10 Å². The highest BCUT2D eigenvalue weighted by atomic mass is 35.5.